The van der Waals surface area contributed by atoms with Crippen molar-refractivity contribution in [2.45, 2.75) is 0 Å². The minimum atomic E-state index is -0.00525. The average molecular weight is 230 g/mol. The second-order valence-electron chi connectivity index (χ2n) is 3.30. The van der Waals surface area contributed by atoms with E-state index in [1.807, 2.05) is 10.8 Å². The van der Waals surface area contributed by atoms with E-state index >= 15 is 0 Å². The van der Waals surface area contributed by atoms with E-state index in [4.69, 9.17) is 5.11 Å². The summed E-state index contributed by atoms with van der Waals surface area (Å²) in [5, 5.41) is 12.8. The van der Waals surface area contributed by atoms with Crippen LogP contribution >= 0.6 is 11.3 Å². The number of carbonyl (C=O) groups is 1. The number of phenols is 1. The predicted molar refractivity (Wildman–Crippen MR) is 65.8 cm³/mol. The third kappa shape index (κ3) is 2.58. The van der Waals surface area contributed by atoms with Crippen LogP contribution in [0.25, 0.3) is 6.08 Å². The normalized spacial score (nSPS) is 10.8. The number of phenolic OH excluding ortho intramolecular Hbond substituents is 1. The van der Waals surface area contributed by atoms with E-state index in [2.05, 4.69) is 0 Å². The molecule has 1 aromatic carbocycles. The zero-order valence-corrected chi connectivity index (χ0v) is 9.28. The summed E-state index contributed by atoms with van der Waals surface area (Å²) in [6.07, 6.45) is 3.27. The van der Waals surface area contributed by atoms with Gasteiger partial charge in [-0.15, -0.1) is 0 Å². The van der Waals surface area contributed by atoms with Gasteiger partial charge in [-0.05, 0) is 35.2 Å². The standard InChI is InChI=1S/C13H10O2S/c14-12-4-1-10(2-5-12)3-6-13(15)11-7-8-16-9-11/h1-9,14H. The molecule has 0 spiro atoms. The summed E-state index contributed by atoms with van der Waals surface area (Å²) in [5.74, 6) is 0.218. The Kier molecular flexibility index (Phi) is 3.17. The van der Waals surface area contributed by atoms with E-state index in [9.17, 15) is 4.79 Å². The van der Waals surface area contributed by atoms with Crippen LogP contribution in [-0.2, 0) is 0 Å². The van der Waals surface area contributed by atoms with E-state index in [1.165, 1.54) is 17.4 Å². The maximum absolute atomic E-state index is 11.6. The SMILES string of the molecule is O=C(C=Cc1ccc(O)cc1)c1ccsc1. The smallest absolute Gasteiger partial charge is 0.186 e. The fraction of sp³-hybridized carbons (Fsp3) is 0. The molecule has 1 heterocycles. The molecule has 0 bridgehead atoms. The van der Waals surface area contributed by atoms with Crippen LogP contribution < -0.4 is 0 Å². The molecule has 0 fully saturated rings. The number of rotatable bonds is 3. The largest absolute Gasteiger partial charge is 0.508 e. The van der Waals surface area contributed by atoms with Gasteiger partial charge in [-0.3, -0.25) is 4.79 Å². The fourth-order valence-corrected chi connectivity index (χ4v) is 1.90. The van der Waals surface area contributed by atoms with Crippen LogP contribution in [0.1, 0.15) is 15.9 Å². The topological polar surface area (TPSA) is 37.3 Å². The van der Waals surface area contributed by atoms with Crippen LogP contribution in [0.2, 0.25) is 0 Å². The molecule has 0 aliphatic heterocycles. The molecule has 0 aliphatic carbocycles. The monoisotopic (exact) mass is 230 g/mol. The van der Waals surface area contributed by atoms with Crippen LogP contribution in [0.3, 0.4) is 0 Å². The highest BCUT2D eigenvalue weighted by molar-refractivity contribution is 7.08. The molecular weight excluding hydrogens is 220 g/mol. The summed E-state index contributed by atoms with van der Waals surface area (Å²) in [4.78, 5) is 11.6. The third-order valence-electron chi connectivity index (χ3n) is 2.13. The first kappa shape index (κ1) is 10.6. The number of ketones is 1. The van der Waals surface area contributed by atoms with Gasteiger partial charge in [0, 0.05) is 10.9 Å². The second kappa shape index (κ2) is 4.77. The highest BCUT2D eigenvalue weighted by atomic mass is 32.1. The first-order valence-corrected chi connectivity index (χ1v) is 5.73. The van der Waals surface area contributed by atoms with Gasteiger partial charge in [-0.1, -0.05) is 18.2 Å². The number of carbonyl (C=O) groups excluding carboxylic acids is 1. The molecule has 0 saturated heterocycles. The van der Waals surface area contributed by atoms with Crippen LogP contribution in [0.15, 0.2) is 47.2 Å². The summed E-state index contributed by atoms with van der Waals surface area (Å²) in [6, 6.07) is 8.50. The summed E-state index contributed by atoms with van der Waals surface area (Å²) in [7, 11) is 0. The Balaban J connectivity index is 2.10. The Bertz CT molecular complexity index is 495. The predicted octanol–water partition coefficient (Wildman–Crippen LogP) is 3.35. The Hall–Kier alpha value is -1.87. The fourth-order valence-electron chi connectivity index (χ4n) is 1.26. The number of aromatic hydroxyl groups is 1. The van der Waals surface area contributed by atoms with Gasteiger partial charge in [0.15, 0.2) is 5.78 Å². The van der Waals surface area contributed by atoms with E-state index in [0.717, 1.165) is 5.56 Å². The molecule has 0 saturated carbocycles. The highest BCUT2D eigenvalue weighted by Crippen LogP contribution is 2.12. The van der Waals surface area contributed by atoms with Crippen molar-refractivity contribution in [2.24, 2.45) is 0 Å². The van der Waals surface area contributed by atoms with E-state index in [-0.39, 0.29) is 11.5 Å². The van der Waals surface area contributed by atoms with Gasteiger partial charge in [-0.2, -0.15) is 11.3 Å². The zero-order valence-electron chi connectivity index (χ0n) is 8.46. The lowest BCUT2D eigenvalue weighted by Gasteiger charge is -1.93. The number of hydrogen-bond donors (Lipinski definition) is 1. The number of hydrogen-bond acceptors (Lipinski definition) is 3. The Morgan fingerprint density at radius 1 is 1.19 bits per heavy atom. The molecule has 0 amide bonds. The molecule has 0 radical (unpaired) electrons. The lowest BCUT2D eigenvalue weighted by Crippen LogP contribution is -1.89. The first-order valence-electron chi connectivity index (χ1n) is 4.79. The quantitative estimate of drug-likeness (QED) is 0.648. The molecule has 1 aromatic heterocycles. The van der Waals surface area contributed by atoms with Crippen molar-refractivity contribution in [1.29, 1.82) is 0 Å². The molecule has 2 nitrogen and oxygen atoms in total. The van der Waals surface area contributed by atoms with Gasteiger partial charge in [0.1, 0.15) is 5.75 Å². The molecule has 2 rings (SSSR count). The third-order valence-corrected chi connectivity index (χ3v) is 2.81. The minimum Gasteiger partial charge on any atom is -0.508 e. The minimum absolute atomic E-state index is 0.00525. The van der Waals surface area contributed by atoms with Gasteiger partial charge in [0.05, 0.1) is 0 Å². The lowest BCUT2D eigenvalue weighted by molar-refractivity contribution is 0.104. The van der Waals surface area contributed by atoms with Crippen molar-refractivity contribution in [3.8, 4) is 5.75 Å². The van der Waals surface area contributed by atoms with Crippen molar-refractivity contribution in [2.75, 3.05) is 0 Å². The van der Waals surface area contributed by atoms with Crippen LogP contribution in [-0.4, -0.2) is 10.9 Å². The average Bonchev–Trinajstić information content (AvgIpc) is 2.81. The molecule has 2 aromatic rings. The van der Waals surface area contributed by atoms with E-state index < -0.39 is 0 Å². The van der Waals surface area contributed by atoms with Crippen molar-refractivity contribution < 1.29 is 9.90 Å². The number of thiophene rings is 1. The summed E-state index contributed by atoms with van der Waals surface area (Å²) < 4.78 is 0. The van der Waals surface area contributed by atoms with Gasteiger partial charge in [-0.25, -0.2) is 0 Å². The van der Waals surface area contributed by atoms with E-state index in [1.54, 1.807) is 36.4 Å². The molecule has 0 atom stereocenters. The highest BCUT2D eigenvalue weighted by Gasteiger charge is 2.00. The number of benzene rings is 1. The Morgan fingerprint density at radius 2 is 1.94 bits per heavy atom. The molecule has 0 aliphatic rings. The van der Waals surface area contributed by atoms with Gasteiger partial charge in [0.25, 0.3) is 0 Å². The zero-order chi connectivity index (χ0) is 11.4. The van der Waals surface area contributed by atoms with E-state index in [0.29, 0.717) is 5.56 Å². The van der Waals surface area contributed by atoms with Gasteiger partial charge >= 0.3 is 0 Å². The molecule has 1 N–H and O–H groups in total. The van der Waals surface area contributed by atoms with Crippen molar-refractivity contribution in [1.82, 2.24) is 0 Å². The van der Waals surface area contributed by atoms with Crippen LogP contribution in [0, 0.1) is 0 Å². The first-order chi connectivity index (χ1) is 7.75. The lowest BCUT2D eigenvalue weighted by atomic mass is 10.1. The molecule has 0 unspecified atom stereocenters. The molecule has 80 valence electrons. The Labute approximate surface area is 97.5 Å². The molecule has 16 heavy (non-hydrogen) atoms. The maximum atomic E-state index is 11.6. The van der Waals surface area contributed by atoms with Crippen molar-refractivity contribution in [3.63, 3.8) is 0 Å². The number of allylic oxidation sites excluding steroid dienone is 1. The van der Waals surface area contributed by atoms with Gasteiger partial charge < -0.3 is 5.11 Å². The van der Waals surface area contributed by atoms with Crippen molar-refractivity contribution >= 4 is 23.2 Å². The van der Waals surface area contributed by atoms with Gasteiger partial charge in [0.2, 0.25) is 0 Å². The van der Waals surface area contributed by atoms with Crippen LogP contribution in [0.4, 0.5) is 0 Å². The maximum Gasteiger partial charge on any atom is 0.186 e. The molecule has 3 heteroatoms. The van der Waals surface area contributed by atoms with Crippen molar-refractivity contribution in [3.05, 3.63) is 58.3 Å². The summed E-state index contributed by atoms with van der Waals surface area (Å²) >= 11 is 1.50. The second-order valence-corrected chi connectivity index (χ2v) is 4.08. The summed E-state index contributed by atoms with van der Waals surface area (Å²) in [6.45, 7) is 0. The van der Waals surface area contributed by atoms with Crippen LogP contribution in [0.5, 0.6) is 5.75 Å². The molecular formula is C13H10O2S. The Morgan fingerprint density at radius 3 is 2.56 bits per heavy atom. The summed E-state index contributed by atoms with van der Waals surface area (Å²) in [5.41, 5.74) is 1.60.